The molecule has 3 N–H and O–H groups in total. The number of para-hydroxylation sites is 1. The molecule has 8 nitrogen and oxygen atoms in total. The summed E-state index contributed by atoms with van der Waals surface area (Å²) in [6, 6.07) is 8.15. The predicted octanol–water partition coefficient (Wildman–Crippen LogP) is 3.62. The first-order valence-electron chi connectivity index (χ1n) is 12.8. The number of carbonyl (C=O) groups excluding carboxylic acids is 2. The van der Waals surface area contributed by atoms with Crippen molar-refractivity contribution in [3.05, 3.63) is 47.9 Å². The number of nitrogens with one attached hydrogen (secondary N) is 1. The SMILES string of the molecule is CC(C)C[C@H]1COc2ccccc2CCCCC2(CCN(C(=O)c3nccnc3N)CC2)C(=O)N1. The van der Waals surface area contributed by atoms with E-state index in [9.17, 15) is 9.59 Å². The maximum atomic E-state index is 13.7. The molecule has 1 fully saturated rings. The maximum absolute atomic E-state index is 13.7. The second-order valence-corrected chi connectivity index (χ2v) is 10.3. The third-order valence-electron chi connectivity index (χ3n) is 7.27. The van der Waals surface area contributed by atoms with Crippen LogP contribution >= 0.6 is 0 Å². The number of ether oxygens (including phenoxy) is 1. The number of hydrogen-bond donors (Lipinski definition) is 2. The summed E-state index contributed by atoms with van der Waals surface area (Å²) < 4.78 is 6.21. The summed E-state index contributed by atoms with van der Waals surface area (Å²) in [5.41, 5.74) is 6.79. The van der Waals surface area contributed by atoms with E-state index in [0.717, 1.165) is 37.9 Å². The molecule has 188 valence electrons. The predicted molar refractivity (Wildman–Crippen MR) is 135 cm³/mol. The van der Waals surface area contributed by atoms with E-state index < -0.39 is 5.41 Å². The lowest BCUT2D eigenvalue weighted by Gasteiger charge is -2.41. The van der Waals surface area contributed by atoms with Gasteiger partial charge in [0.1, 0.15) is 12.4 Å². The average Bonchev–Trinajstić information content (AvgIpc) is 2.85. The van der Waals surface area contributed by atoms with Gasteiger partial charge in [0.05, 0.1) is 11.5 Å². The molecule has 2 aliphatic rings. The van der Waals surface area contributed by atoms with Gasteiger partial charge in [-0.15, -0.1) is 0 Å². The zero-order chi connectivity index (χ0) is 24.8. The van der Waals surface area contributed by atoms with Crippen molar-refractivity contribution in [1.82, 2.24) is 20.2 Å². The molecule has 2 aliphatic heterocycles. The van der Waals surface area contributed by atoms with Gasteiger partial charge in [-0.3, -0.25) is 9.59 Å². The zero-order valence-corrected chi connectivity index (χ0v) is 20.8. The van der Waals surface area contributed by atoms with Crippen molar-refractivity contribution in [2.75, 3.05) is 25.4 Å². The molecule has 3 heterocycles. The van der Waals surface area contributed by atoms with E-state index in [-0.39, 0.29) is 29.4 Å². The molecule has 0 unspecified atom stereocenters. The molecule has 0 radical (unpaired) electrons. The highest BCUT2D eigenvalue weighted by Crippen LogP contribution is 2.38. The number of amides is 2. The lowest BCUT2D eigenvalue weighted by atomic mass is 9.73. The Hall–Kier alpha value is -3.16. The number of nitrogens with two attached hydrogens (primary N) is 1. The molecule has 4 rings (SSSR count). The van der Waals surface area contributed by atoms with E-state index in [1.807, 2.05) is 12.1 Å². The molecule has 35 heavy (non-hydrogen) atoms. The van der Waals surface area contributed by atoms with Crippen LogP contribution in [0.5, 0.6) is 5.75 Å². The van der Waals surface area contributed by atoms with Gasteiger partial charge in [0, 0.05) is 25.5 Å². The number of carbonyl (C=O) groups is 2. The molecule has 1 saturated heterocycles. The van der Waals surface area contributed by atoms with Crippen LogP contribution < -0.4 is 15.8 Å². The fourth-order valence-electron chi connectivity index (χ4n) is 5.29. The smallest absolute Gasteiger partial charge is 0.276 e. The molecular formula is C27H37N5O3. The molecule has 2 amide bonds. The lowest BCUT2D eigenvalue weighted by molar-refractivity contribution is -0.135. The van der Waals surface area contributed by atoms with Gasteiger partial charge in [0.25, 0.3) is 5.91 Å². The Morgan fingerprint density at radius 2 is 1.91 bits per heavy atom. The van der Waals surface area contributed by atoms with E-state index in [1.54, 1.807) is 4.90 Å². The van der Waals surface area contributed by atoms with E-state index in [2.05, 4.69) is 41.3 Å². The molecule has 0 saturated carbocycles. The summed E-state index contributed by atoms with van der Waals surface area (Å²) in [5, 5.41) is 3.33. The van der Waals surface area contributed by atoms with Crippen molar-refractivity contribution in [3.63, 3.8) is 0 Å². The zero-order valence-electron chi connectivity index (χ0n) is 20.8. The number of piperidine rings is 1. The average molecular weight is 480 g/mol. The van der Waals surface area contributed by atoms with Crippen LogP contribution in [-0.2, 0) is 11.2 Å². The molecule has 2 aromatic rings. The lowest BCUT2D eigenvalue weighted by Crippen LogP contribution is -2.53. The number of nitrogens with zero attached hydrogens (tertiary/aromatic N) is 3. The molecule has 0 aliphatic carbocycles. The van der Waals surface area contributed by atoms with Crippen LogP contribution in [-0.4, -0.2) is 52.4 Å². The first kappa shape index (κ1) is 24.9. The van der Waals surface area contributed by atoms with E-state index in [1.165, 1.54) is 18.0 Å². The number of anilines is 1. The molecule has 1 aromatic carbocycles. The Kier molecular flexibility index (Phi) is 7.88. The van der Waals surface area contributed by atoms with Gasteiger partial charge in [-0.1, -0.05) is 38.5 Å². The summed E-state index contributed by atoms with van der Waals surface area (Å²) >= 11 is 0. The standard InChI is InChI=1S/C27H37N5O3/c1-19(2)17-21-18-35-22-9-4-3-7-20(22)8-5-6-10-27(26(34)31-21)11-15-32(16-12-27)25(33)23-24(28)30-14-13-29-23/h3-4,7,9,13-14,19,21H,5-6,8,10-12,15-18H2,1-2H3,(H2,28,30)(H,31,34)/t21-/m0/s1. The number of aryl methyl sites for hydroxylation is 1. The number of nitrogen functional groups attached to an aromatic ring is 1. The number of likely N-dealkylation sites (tertiary alicyclic amines) is 1. The Morgan fingerprint density at radius 3 is 2.66 bits per heavy atom. The highest BCUT2D eigenvalue weighted by atomic mass is 16.5. The van der Waals surface area contributed by atoms with Gasteiger partial charge in [-0.25, -0.2) is 9.97 Å². The Labute approximate surface area is 207 Å². The van der Waals surface area contributed by atoms with Gasteiger partial charge >= 0.3 is 0 Å². The summed E-state index contributed by atoms with van der Waals surface area (Å²) in [7, 11) is 0. The van der Waals surface area contributed by atoms with Crippen LogP contribution in [0.15, 0.2) is 36.7 Å². The Balaban J connectivity index is 1.50. The summed E-state index contributed by atoms with van der Waals surface area (Å²) in [5.74, 6) is 1.35. The van der Waals surface area contributed by atoms with Crippen LogP contribution in [0.2, 0.25) is 0 Å². The van der Waals surface area contributed by atoms with Gasteiger partial charge in [0.15, 0.2) is 11.5 Å². The van der Waals surface area contributed by atoms with Crippen molar-refractivity contribution in [3.8, 4) is 5.75 Å². The van der Waals surface area contributed by atoms with Gasteiger partial charge in [-0.05, 0) is 56.1 Å². The largest absolute Gasteiger partial charge is 0.491 e. The van der Waals surface area contributed by atoms with E-state index in [4.69, 9.17) is 10.5 Å². The number of aromatic nitrogens is 2. The first-order chi connectivity index (χ1) is 16.9. The number of benzene rings is 1. The molecule has 1 aromatic heterocycles. The van der Waals surface area contributed by atoms with Crippen molar-refractivity contribution in [1.29, 1.82) is 0 Å². The highest BCUT2D eigenvalue weighted by molar-refractivity contribution is 5.96. The normalized spacial score (nSPS) is 20.8. The van der Waals surface area contributed by atoms with Gasteiger partial charge in [-0.2, -0.15) is 0 Å². The number of rotatable bonds is 3. The molecular weight excluding hydrogens is 442 g/mol. The van der Waals surface area contributed by atoms with E-state index in [0.29, 0.717) is 38.5 Å². The van der Waals surface area contributed by atoms with Crippen LogP contribution in [0.4, 0.5) is 5.82 Å². The fourth-order valence-corrected chi connectivity index (χ4v) is 5.29. The van der Waals surface area contributed by atoms with Crippen molar-refractivity contribution in [2.24, 2.45) is 11.3 Å². The molecule has 0 bridgehead atoms. The summed E-state index contributed by atoms with van der Waals surface area (Å²) in [6.45, 7) is 5.77. The monoisotopic (exact) mass is 479 g/mol. The minimum Gasteiger partial charge on any atom is -0.491 e. The minimum atomic E-state index is -0.487. The fraction of sp³-hybridized carbons (Fsp3) is 0.556. The van der Waals surface area contributed by atoms with Crippen LogP contribution in [0.25, 0.3) is 0 Å². The topological polar surface area (TPSA) is 110 Å². The number of fused-ring (bicyclic) bond motifs is 1. The van der Waals surface area contributed by atoms with Gasteiger partial charge < -0.3 is 20.7 Å². The van der Waals surface area contributed by atoms with Crippen molar-refractivity contribution >= 4 is 17.6 Å². The van der Waals surface area contributed by atoms with Crippen LogP contribution in [0.3, 0.4) is 0 Å². The van der Waals surface area contributed by atoms with Crippen molar-refractivity contribution < 1.29 is 14.3 Å². The quantitative estimate of drug-likeness (QED) is 0.696. The maximum Gasteiger partial charge on any atom is 0.276 e. The second kappa shape index (κ2) is 11.1. The van der Waals surface area contributed by atoms with Crippen LogP contribution in [0, 0.1) is 11.3 Å². The van der Waals surface area contributed by atoms with Crippen molar-refractivity contribution in [2.45, 2.75) is 64.8 Å². The molecule has 1 atom stereocenters. The Morgan fingerprint density at radius 1 is 1.17 bits per heavy atom. The van der Waals surface area contributed by atoms with E-state index >= 15 is 0 Å². The molecule has 1 spiro atoms. The number of hydrogen-bond acceptors (Lipinski definition) is 6. The van der Waals surface area contributed by atoms with Gasteiger partial charge in [0.2, 0.25) is 5.91 Å². The summed E-state index contributed by atoms with van der Waals surface area (Å²) in [6.07, 6.45) is 8.72. The van der Waals surface area contributed by atoms with Crippen LogP contribution in [0.1, 0.15) is 68.4 Å². The first-order valence-corrected chi connectivity index (χ1v) is 12.8. The third kappa shape index (κ3) is 5.92. The second-order valence-electron chi connectivity index (χ2n) is 10.3. The highest BCUT2D eigenvalue weighted by Gasteiger charge is 2.43. The third-order valence-corrected chi connectivity index (χ3v) is 7.27. The summed E-state index contributed by atoms with van der Waals surface area (Å²) in [4.78, 5) is 36.6. The minimum absolute atomic E-state index is 0.0640. The Bertz CT molecular complexity index is 1030. The molecule has 8 heteroatoms.